The highest BCUT2D eigenvalue weighted by Gasteiger charge is 2.36. The van der Waals surface area contributed by atoms with Gasteiger partial charge in [-0.3, -0.25) is 0 Å². The lowest BCUT2D eigenvalue weighted by molar-refractivity contribution is 0.340. The third-order valence-electron chi connectivity index (χ3n) is 4.56. The van der Waals surface area contributed by atoms with Crippen molar-refractivity contribution in [1.82, 2.24) is 5.32 Å². The summed E-state index contributed by atoms with van der Waals surface area (Å²) in [7, 11) is 3.25. The van der Waals surface area contributed by atoms with Gasteiger partial charge in [0.05, 0.1) is 25.7 Å². The Morgan fingerprint density at radius 3 is 2.29 bits per heavy atom. The van der Waals surface area contributed by atoms with Crippen LogP contribution in [0.3, 0.4) is 0 Å². The Hall–Kier alpha value is -1.73. The average molecular weight is 332 g/mol. The van der Waals surface area contributed by atoms with Gasteiger partial charge in [-0.05, 0) is 55.5 Å². The molecule has 1 unspecified atom stereocenters. The SMILES string of the molecule is COc1ccc(C(C#N)(CCCNCC(C)C)C(C)C)cc1OC. The Morgan fingerprint density at radius 2 is 1.79 bits per heavy atom. The summed E-state index contributed by atoms with van der Waals surface area (Å²) in [6, 6.07) is 8.42. The van der Waals surface area contributed by atoms with Crippen molar-refractivity contribution in [1.29, 1.82) is 5.26 Å². The maximum atomic E-state index is 9.99. The van der Waals surface area contributed by atoms with E-state index < -0.39 is 5.41 Å². The third-order valence-corrected chi connectivity index (χ3v) is 4.56. The first-order chi connectivity index (χ1) is 11.4. The zero-order valence-corrected chi connectivity index (χ0v) is 16.0. The molecular weight excluding hydrogens is 300 g/mol. The van der Waals surface area contributed by atoms with Crippen LogP contribution in [0.5, 0.6) is 11.5 Å². The fourth-order valence-corrected chi connectivity index (χ4v) is 3.01. The van der Waals surface area contributed by atoms with E-state index in [9.17, 15) is 5.26 Å². The molecule has 0 fully saturated rings. The smallest absolute Gasteiger partial charge is 0.161 e. The maximum absolute atomic E-state index is 9.99. The molecule has 0 aliphatic heterocycles. The monoisotopic (exact) mass is 332 g/mol. The van der Waals surface area contributed by atoms with E-state index >= 15 is 0 Å². The van der Waals surface area contributed by atoms with Gasteiger partial charge in [-0.1, -0.05) is 33.8 Å². The van der Waals surface area contributed by atoms with Crippen LogP contribution < -0.4 is 14.8 Å². The van der Waals surface area contributed by atoms with Crippen molar-refractivity contribution < 1.29 is 9.47 Å². The van der Waals surface area contributed by atoms with Crippen LogP contribution in [0.4, 0.5) is 0 Å². The second-order valence-corrected chi connectivity index (χ2v) is 7.01. The average Bonchev–Trinajstić information content (AvgIpc) is 2.57. The van der Waals surface area contributed by atoms with Crippen LogP contribution in [0.1, 0.15) is 46.1 Å². The molecule has 1 aromatic rings. The second kappa shape index (κ2) is 9.54. The molecule has 1 aromatic carbocycles. The standard InChI is InChI=1S/C20H32N2O2/c1-15(2)13-22-11-7-10-20(14-21,16(3)4)17-8-9-18(23-5)19(12-17)24-6/h8-9,12,15-16,22H,7,10-11,13H2,1-6H3. The summed E-state index contributed by atoms with van der Waals surface area (Å²) in [5.41, 5.74) is 0.487. The van der Waals surface area contributed by atoms with Crippen LogP contribution in [0.15, 0.2) is 18.2 Å². The van der Waals surface area contributed by atoms with Gasteiger partial charge in [-0.2, -0.15) is 5.26 Å². The van der Waals surface area contributed by atoms with Gasteiger partial charge in [0.15, 0.2) is 11.5 Å². The molecule has 0 aromatic heterocycles. The Balaban J connectivity index is 2.98. The van der Waals surface area contributed by atoms with Crippen molar-refractivity contribution in [3.63, 3.8) is 0 Å². The zero-order valence-electron chi connectivity index (χ0n) is 16.0. The fourth-order valence-electron chi connectivity index (χ4n) is 3.01. The largest absolute Gasteiger partial charge is 0.493 e. The molecular formula is C20H32N2O2. The summed E-state index contributed by atoms with van der Waals surface area (Å²) >= 11 is 0. The van der Waals surface area contributed by atoms with Crippen LogP contribution in [0, 0.1) is 23.2 Å². The van der Waals surface area contributed by atoms with Crippen LogP contribution in [0.25, 0.3) is 0 Å². The number of methoxy groups -OCH3 is 2. The molecule has 1 N–H and O–H groups in total. The summed E-state index contributed by atoms with van der Waals surface area (Å²) in [6.45, 7) is 10.6. The first-order valence-corrected chi connectivity index (χ1v) is 8.75. The van der Waals surface area contributed by atoms with Crippen molar-refractivity contribution in [2.45, 2.75) is 46.0 Å². The summed E-state index contributed by atoms with van der Waals surface area (Å²) in [5.74, 6) is 2.22. The molecule has 0 radical (unpaired) electrons. The molecule has 1 rings (SSSR count). The van der Waals surface area contributed by atoms with Crippen LogP contribution in [-0.4, -0.2) is 27.3 Å². The molecule has 4 heteroatoms. The fraction of sp³-hybridized carbons (Fsp3) is 0.650. The molecule has 0 bridgehead atoms. The number of nitriles is 1. The summed E-state index contributed by atoms with van der Waals surface area (Å²) < 4.78 is 10.7. The van der Waals surface area contributed by atoms with E-state index in [1.54, 1.807) is 14.2 Å². The highest BCUT2D eigenvalue weighted by atomic mass is 16.5. The lowest BCUT2D eigenvalue weighted by atomic mass is 9.70. The molecule has 0 heterocycles. The normalized spacial score (nSPS) is 13.6. The topological polar surface area (TPSA) is 54.3 Å². The lowest BCUT2D eigenvalue weighted by Gasteiger charge is -2.32. The van der Waals surface area contributed by atoms with E-state index in [1.165, 1.54) is 0 Å². The van der Waals surface area contributed by atoms with Gasteiger partial charge in [0, 0.05) is 0 Å². The summed E-state index contributed by atoms with van der Waals surface area (Å²) in [4.78, 5) is 0. The van der Waals surface area contributed by atoms with E-state index in [-0.39, 0.29) is 5.92 Å². The van der Waals surface area contributed by atoms with E-state index in [1.807, 2.05) is 18.2 Å². The van der Waals surface area contributed by atoms with Crippen LogP contribution >= 0.6 is 0 Å². The summed E-state index contributed by atoms with van der Waals surface area (Å²) in [6.07, 6.45) is 1.79. The van der Waals surface area contributed by atoms with Crippen molar-refractivity contribution in [2.75, 3.05) is 27.3 Å². The van der Waals surface area contributed by atoms with E-state index in [0.29, 0.717) is 17.4 Å². The molecule has 24 heavy (non-hydrogen) atoms. The highest BCUT2D eigenvalue weighted by molar-refractivity contribution is 5.47. The Labute approximate surface area is 147 Å². The number of rotatable bonds is 10. The zero-order chi connectivity index (χ0) is 18.2. The Bertz CT molecular complexity index is 549. The van der Waals surface area contributed by atoms with Crippen LogP contribution in [0.2, 0.25) is 0 Å². The summed E-state index contributed by atoms with van der Waals surface area (Å²) in [5, 5.41) is 13.5. The van der Waals surface area contributed by atoms with Gasteiger partial charge < -0.3 is 14.8 Å². The van der Waals surface area contributed by atoms with Gasteiger partial charge in [-0.15, -0.1) is 0 Å². The second-order valence-electron chi connectivity index (χ2n) is 7.01. The quantitative estimate of drug-likeness (QED) is 0.654. The molecule has 134 valence electrons. The van der Waals surface area contributed by atoms with E-state index in [4.69, 9.17) is 9.47 Å². The lowest BCUT2D eigenvalue weighted by Crippen LogP contribution is -2.32. The number of nitrogens with zero attached hydrogens (tertiary/aromatic N) is 1. The molecule has 0 saturated heterocycles. The molecule has 0 aliphatic rings. The first kappa shape index (κ1) is 20.3. The van der Waals surface area contributed by atoms with Crippen molar-refractivity contribution >= 4 is 0 Å². The number of hydrogen-bond acceptors (Lipinski definition) is 4. The molecule has 1 atom stereocenters. The minimum atomic E-state index is -0.515. The number of hydrogen-bond donors (Lipinski definition) is 1. The van der Waals surface area contributed by atoms with Gasteiger partial charge in [0.25, 0.3) is 0 Å². The predicted molar refractivity (Wildman–Crippen MR) is 98.6 cm³/mol. The van der Waals surface area contributed by atoms with Crippen molar-refractivity contribution in [3.05, 3.63) is 23.8 Å². The van der Waals surface area contributed by atoms with Crippen LogP contribution in [-0.2, 0) is 5.41 Å². The Kier molecular flexibility index (Phi) is 8.07. The third kappa shape index (κ3) is 4.88. The predicted octanol–water partition coefficient (Wildman–Crippen LogP) is 4.15. The van der Waals surface area contributed by atoms with E-state index in [0.717, 1.165) is 31.5 Å². The van der Waals surface area contributed by atoms with Crippen molar-refractivity contribution in [3.8, 4) is 17.6 Å². The molecule has 0 amide bonds. The maximum Gasteiger partial charge on any atom is 0.161 e. The van der Waals surface area contributed by atoms with Gasteiger partial charge in [-0.25, -0.2) is 0 Å². The molecule has 0 aliphatic carbocycles. The first-order valence-electron chi connectivity index (χ1n) is 8.75. The number of ether oxygens (including phenoxy) is 2. The number of benzene rings is 1. The minimum absolute atomic E-state index is 0.214. The number of nitrogens with one attached hydrogen (secondary N) is 1. The van der Waals surface area contributed by atoms with Crippen molar-refractivity contribution in [2.24, 2.45) is 11.8 Å². The molecule has 0 spiro atoms. The van der Waals surface area contributed by atoms with Gasteiger partial charge in [0.2, 0.25) is 0 Å². The molecule has 4 nitrogen and oxygen atoms in total. The van der Waals surface area contributed by atoms with Gasteiger partial charge in [0.1, 0.15) is 0 Å². The van der Waals surface area contributed by atoms with Gasteiger partial charge >= 0.3 is 0 Å². The minimum Gasteiger partial charge on any atom is -0.493 e. The molecule has 0 saturated carbocycles. The van der Waals surface area contributed by atoms with E-state index in [2.05, 4.69) is 39.1 Å². The highest BCUT2D eigenvalue weighted by Crippen LogP contribution is 2.40. The Morgan fingerprint density at radius 1 is 1.12 bits per heavy atom.